The van der Waals surface area contributed by atoms with Crippen molar-refractivity contribution in [3.05, 3.63) is 52.8 Å². The second-order valence-corrected chi connectivity index (χ2v) is 10.2. The van der Waals surface area contributed by atoms with Crippen molar-refractivity contribution in [2.45, 2.75) is 29.6 Å². The predicted molar refractivity (Wildman–Crippen MR) is 130 cm³/mol. The van der Waals surface area contributed by atoms with Crippen molar-refractivity contribution >= 4 is 29.7 Å². The second kappa shape index (κ2) is 10.3. The van der Waals surface area contributed by atoms with Crippen LogP contribution >= 0.6 is 11.9 Å². The zero-order valence-corrected chi connectivity index (χ0v) is 21.1. The minimum absolute atomic E-state index is 0.0818. The zero-order chi connectivity index (χ0) is 25.4. The molecule has 10 heteroatoms. The predicted octanol–water partition coefficient (Wildman–Crippen LogP) is 5.11. The number of ether oxygens (including phenoxy) is 5. The van der Waals surface area contributed by atoms with E-state index in [-0.39, 0.29) is 30.0 Å². The van der Waals surface area contributed by atoms with Gasteiger partial charge in [-0.05, 0) is 77.9 Å². The van der Waals surface area contributed by atoms with E-state index in [1.807, 2.05) is 6.07 Å². The Balaban J connectivity index is 1.50. The number of esters is 1. The molecular formula is C26H28FNO7S. The third-order valence-electron chi connectivity index (χ3n) is 6.90. The molecule has 1 aliphatic heterocycles. The monoisotopic (exact) mass is 517 g/mol. The van der Waals surface area contributed by atoms with E-state index >= 15 is 0 Å². The molecule has 3 unspecified atom stereocenters. The van der Waals surface area contributed by atoms with Crippen LogP contribution < -0.4 is 9.04 Å². The summed E-state index contributed by atoms with van der Waals surface area (Å²) in [4.78, 5) is 26.6. The van der Waals surface area contributed by atoms with Gasteiger partial charge in [0.25, 0.3) is 0 Å². The topological polar surface area (TPSA) is 83.5 Å². The first kappa shape index (κ1) is 24.9. The van der Waals surface area contributed by atoms with Crippen molar-refractivity contribution in [1.82, 2.24) is 0 Å². The van der Waals surface area contributed by atoms with Gasteiger partial charge in [0.2, 0.25) is 0 Å². The van der Waals surface area contributed by atoms with Gasteiger partial charge in [-0.3, -0.25) is 0 Å². The molecule has 0 spiro atoms. The normalized spacial score (nSPS) is 23.1. The lowest BCUT2D eigenvalue weighted by Gasteiger charge is -2.26. The Bertz CT molecular complexity index is 1180. The summed E-state index contributed by atoms with van der Waals surface area (Å²) in [6.45, 7) is 1.21. The van der Waals surface area contributed by atoms with Crippen LogP contribution in [0.2, 0.25) is 0 Å². The number of hydrogen-bond donors (Lipinski definition) is 0. The fraction of sp³-hybridized carbons (Fsp3) is 0.462. The lowest BCUT2D eigenvalue weighted by molar-refractivity contribution is -0.0348. The van der Waals surface area contributed by atoms with Crippen LogP contribution in [0.4, 0.5) is 14.9 Å². The first-order chi connectivity index (χ1) is 17.5. The highest BCUT2D eigenvalue weighted by Crippen LogP contribution is 2.56. The van der Waals surface area contributed by atoms with Gasteiger partial charge in [-0.2, -0.15) is 0 Å². The summed E-state index contributed by atoms with van der Waals surface area (Å²) in [5, 5.41) is 0. The number of carbonyl (C=O) groups excluding carboxylic acids is 2. The van der Waals surface area contributed by atoms with E-state index in [2.05, 4.69) is 0 Å². The maximum absolute atomic E-state index is 14.3. The van der Waals surface area contributed by atoms with Crippen LogP contribution in [0.15, 0.2) is 35.2 Å². The Kier molecular flexibility index (Phi) is 7.09. The Morgan fingerprint density at radius 1 is 1.08 bits per heavy atom. The Morgan fingerprint density at radius 2 is 1.92 bits per heavy atom. The van der Waals surface area contributed by atoms with Gasteiger partial charge >= 0.3 is 12.1 Å². The van der Waals surface area contributed by atoms with Gasteiger partial charge < -0.3 is 23.7 Å². The molecule has 2 aromatic carbocycles. The molecular weight excluding hydrogens is 489 g/mol. The first-order valence-electron chi connectivity index (χ1n) is 11.8. The number of rotatable bonds is 9. The first-order valence-corrected chi connectivity index (χ1v) is 12.5. The van der Waals surface area contributed by atoms with Crippen molar-refractivity contribution in [1.29, 1.82) is 0 Å². The molecule has 36 heavy (non-hydrogen) atoms. The van der Waals surface area contributed by atoms with Crippen LogP contribution in [-0.4, -0.2) is 53.4 Å². The molecule has 0 radical (unpaired) electrons. The average molecular weight is 518 g/mol. The molecule has 0 bridgehead atoms. The number of methoxy groups -OCH3 is 3. The van der Waals surface area contributed by atoms with Crippen molar-refractivity contribution in [2.75, 3.05) is 45.6 Å². The van der Waals surface area contributed by atoms with Gasteiger partial charge in [0.15, 0.2) is 0 Å². The smallest absolute Gasteiger partial charge is 0.424 e. The average Bonchev–Trinajstić information content (AvgIpc) is 3.81. The molecule has 5 rings (SSSR count). The Hall–Kier alpha value is -2.82. The summed E-state index contributed by atoms with van der Waals surface area (Å²) >= 11 is 1.08. The Morgan fingerprint density at radius 3 is 2.67 bits per heavy atom. The van der Waals surface area contributed by atoms with E-state index in [9.17, 15) is 14.0 Å². The number of nitrogens with zero attached hydrogens (tertiary/aromatic N) is 1. The lowest BCUT2D eigenvalue weighted by atomic mass is 10.00. The number of carbonyl (C=O) groups is 2. The summed E-state index contributed by atoms with van der Waals surface area (Å²) in [6.07, 6.45) is 1.16. The number of benzene rings is 2. The number of hydrogen-bond acceptors (Lipinski definition) is 8. The van der Waals surface area contributed by atoms with E-state index < -0.39 is 12.1 Å². The molecule has 0 saturated heterocycles. The molecule has 1 heterocycles. The van der Waals surface area contributed by atoms with Crippen molar-refractivity contribution < 1.29 is 37.7 Å². The van der Waals surface area contributed by atoms with Gasteiger partial charge in [-0.25, -0.2) is 18.3 Å². The van der Waals surface area contributed by atoms with E-state index in [1.54, 1.807) is 19.2 Å². The number of anilines is 1. The highest BCUT2D eigenvalue weighted by Gasteiger charge is 2.46. The molecule has 192 valence electrons. The summed E-state index contributed by atoms with van der Waals surface area (Å²) in [6, 6.07) is 8.10. The van der Waals surface area contributed by atoms with Crippen molar-refractivity contribution in [2.24, 2.45) is 11.8 Å². The molecule has 0 aromatic heterocycles. The third kappa shape index (κ3) is 4.77. The van der Waals surface area contributed by atoms with Crippen molar-refractivity contribution in [3.8, 4) is 5.75 Å². The Labute approximate surface area is 213 Å². The number of halogens is 1. The fourth-order valence-corrected chi connectivity index (χ4v) is 5.90. The molecule has 2 saturated carbocycles. The maximum atomic E-state index is 14.3. The summed E-state index contributed by atoms with van der Waals surface area (Å²) < 4.78 is 42.1. The highest BCUT2D eigenvalue weighted by atomic mass is 32.2. The van der Waals surface area contributed by atoms with Crippen LogP contribution in [0, 0.1) is 17.7 Å². The van der Waals surface area contributed by atoms with Gasteiger partial charge in [0, 0.05) is 17.9 Å². The van der Waals surface area contributed by atoms with Crippen LogP contribution in [0.1, 0.15) is 46.2 Å². The van der Waals surface area contributed by atoms with Gasteiger partial charge in [-0.1, -0.05) is 6.07 Å². The lowest BCUT2D eigenvalue weighted by Crippen LogP contribution is -2.27. The highest BCUT2D eigenvalue weighted by molar-refractivity contribution is 8.01. The second-order valence-electron chi connectivity index (χ2n) is 9.20. The van der Waals surface area contributed by atoms with Gasteiger partial charge in [0.05, 0.1) is 33.1 Å². The standard InChI is InChI=1S/C26H28FNO7S/c1-31-13-34-11-14-8-19(14)20-10-16(27)4-7-22(20)36-28(26(30)33-3)21-6-5-17-18-9-15(18)12-35-24(17)23(21)25(29)32-2/h4-7,10,14-15,18-19H,8-9,11-13H2,1-3H3/t14?,15-,18?,19?/m0/s1. The summed E-state index contributed by atoms with van der Waals surface area (Å²) in [5.74, 6) is 0.596. The minimum atomic E-state index is -0.684. The molecule has 0 N–H and O–H groups in total. The molecule has 2 aromatic rings. The fourth-order valence-electron chi connectivity index (χ4n) is 4.86. The number of fused-ring (bicyclic) bond motifs is 3. The van der Waals surface area contributed by atoms with Gasteiger partial charge in [-0.15, -0.1) is 0 Å². The van der Waals surface area contributed by atoms with E-state index in [0.717, 1.165) is 35.9 Å². The van der Waals surface area contributed by atoms with Gasteiger partial charge in [0.1, 0.15) is 23.9 Å². The van der Waals surface area contributed by atoms with Crippen LogP contribution in [0.3, 0.4) is 0 Å². The van der Waals surface area contributed by atoms with Crippen LogP contribution in [-0.2, 0) is 18.9 Å². The molecule has 2 fully saturated rings. The quantitative estimate of drug-likeness (QED) is 0.196. The molecule has 3 aliphatic rings. The molecule has 2 aliphatic carbocycles. The van der Waals surface area contributed by atoms with E-state index in [0.29, 0.717) is 41.4 Å². The zero-order valence-electron chi connectivity index (χ0n) is 20.3. The third-order valence-corrected chi connectivity index (χ3v) is 7.99. The van der Waals surface area contributed by atoms with Crippen molar-refractivity contribution in [3.63, 3.8) is 0 Å². The maximum Gasteiger partial charge on any atom is 0.424 e. The summed E-state index contributed by atoms with van der Waals surface area (Å²) in [7, 11) is 4.12. The largest absolute Gasteiger partial charge is 0.492 e. The SMILES string of the molecule is COCOCC1CC1c1cc(F)ccc1SN(C(=O)OC)c1ccc2c(c1C(=O)OC)OC[C@@H]1CC21. The number of amides is 1. The minimum Gasteiger partial charge on any atom is -0.492 e. The summed E-state index contributed by atoms with van der Waals surface area (Å²) in [5.41, 5.74) is 2.20. The molecule has 4 atom stereocenters. The van der Waals surface area contributed by atoms with Crippen LogP contribution in [0.25, 0.3) is 0 Å². The van der Waals surface area contributed by atoms with E-state index in [4.69, 9.17) is 23.7 Å². The van der Waals surface area contributed by atoms with Crippen LogP contribution in [0.5, 0.6) is 5.75 Å². The van der Waals surface area contributed by atoms with E-state index in [1.165, 1.54) is 30.7 Å². The molecule has 8 nitrogen and oxygen atoms in total. The molecule has 1 amide bonds.